The van der Waals surface area contributed by atoms with Crippen molar-refractivity contribution in [3.05, 3.63) is 97.9 Å². The maximum Gasteiger partial charge on any atom is 0.244 e. The molecule has 0 fully saturated rings. The molecule has 0 aromatic heterocycles. The lowest BCUT2D eigenvalue weighted by Crippen LogP contribution is -2.54. The molecular formula is C30H34BrCl2N3O4S. The largest absolute Gasteiger partial charge is 0.352 e. The van der Waals surface area contributed by atoms with E-state index in [1.807, 2.05) is 51.1 Å². The van der Waals surface area contributed by atoms with Gasteiger partial charge in [0, 0.05) is 23.5 Å². The molecule has 2 amide bonds. The standard InChI is InChI=1S/C30H34BrCl2N3O4S/c1-5-21(3)34-30(38)28(17-22-9-7-6-8-10-22)35(18-23-11-14-26(32)27(33)16-23)29(37)19-36(41(4,39)40)24-12-13-25(31)20(2)15-24/h6-16,21,28H,5,17-19H2,1-4H3,(H,34,38)/t21-,28+/m1/s1. The second-order valence-electron chi connectivity index (χ2n) is 10.00. The molecule has 0 aliphatic rings. The summed E-state index contributed by atoms with van der Waals surface area (Å²) < 4.78 is 27.7. The van der Waals surface area contributed by atoms with Gasteiger partial charge in [0.2, 0.25) is 21.8 Å². The third-order valence-corrected chi connectivity index (χ3v) is 9.49. The van der Waals surface area contributed by atoms with Gasteiger partial charge in [0.25, 0.3) is 0 Å². The van der Waals surface area contributed by atoms with Gasteiger partial charge in [-0.15, -0.1) is 0 Å². The van der Waals surface area contributed by atoms with E-state index in [1.165, 1.54) is 4.90 Å². The van der Waals surface area contributed by atoms with Crippen molar-refractivity contribution in [3.8, 4) is 0 Å². The number of anilines is 1. The lowest BCUT2D eigenvalue weighted by molar-refractivity contribution is -0.140. The number of nitrogens with zero attached hydrogens (tertiary/aromatic N) is 2. The number of sulfonamides is 1. The van der Waals surface area contributed by atoms with E-state index in [1.54, 1.807) is 36.4 Å². The summed E-state index contributed by atoms with van der Waals surface area (Å²) in [5, 5.41) is 3.67. The van der Waals surface area contributed by atoms with Crippen LogP contribution in [0.5, 0.6) is 0 Å². The molecule has 0 aliphatic carbocycles. The van der Waals surface area contributed by atoms with Crippen LogP contribution in [0.1, 0.15) is 37.0 Å². The number of nitrogens with one attached hydrogen (secondary N) is 1. The van der Waals surface area contributed by atoms with Gasteiger partial charge in [0.15, 0.2) is 0 Å². The van der Waals surface area contributed by atoms with Crippen LogP contribution >= 0.6 is 39.1 Å². The summed E-state index contributed by atoms with van der Waals surface area (Å²) in [5.74, 6) is -0.871. The van der Waals surface area contributed by atoms with Gasteiger partial charge in [0.05, 0.1) is 22.0 Å². The molecule has 3 aromatic rings. The highest BCUT2D eigenvalue weighted by atomic mass is 79.9. The smallest absolute Gasteiger partial charge is 0.244 e. The SMILES string of the molecule is CC[C@@H](C)NC(=O)[C@H](Cc1ccccc1)N(Cc1ccc(Cl)c(Cl)c1)C(=O)CN(c1ccc(Br)c(C)c1)S(C)(=O)=O. The molecular weight excluding hydrogens is 649 g/mol. The first-order valence-corrected chi connectivity index (χ1v) is 16.5. The minimum absolute atomic E-state index is 0.0120. The Bertz CT molecular complexity index is 1490. The molecule has 0 aliphatic heterocycles. The van der Waals surface area contributed by atoms with Crippen LogP contribution in [-0.2, 0) is 32.6 Å². The first-order chi connectivity index (χ1) is 19.3. The van der Waals surface area contributed by atoms with Gasteiger partial charge >= 0.3 is 0 Å². The van der Waals surface area contributed by atoms with Gasteiger partial charge in [-0.2, -0.15) is 0 Å². The normalized spacial score (nSPS) is 12.9. The van der Waals surface area contributed by atoms with E-state index in [9.17, 15) is 18.0 Å². The Balaban J connectivity index is 2.09. The molecule has 2 atom stereocenters. The molecule has 0 spiro atoms. The number of carbonyl (C=O) groups excluding carboxylic acids is 2. The lowest BCUT2D eigenvalue weighted by Gasteiger charge is -2.34. The van der Waals surface area contributed by atoms with E-state index in [0.717, 1.165) is 26.2 Å². The fraction of sp³-hybridized carbons (Fsp3) is 0.333. The molecule has 0 heterocycles. The molecule has 7 nitrogen and oxygen atoms in total. The summed E-state index contributed by atoms with van der Waals surface area (Å²) in [6.07, 6.45) is 1.99. The van der Waals surface area contributed by atoms with E-state index >= 15 is 0 Å². The predicted molar refractivity (Wildman–Crippen MR) is 170 cm³/mol. The summed E-state index contributed by atoms with van der Waals surface area (Å²) >= 11 is 15.8. The van der Waals surface area contributed by atoms with Gasteiger partial charge < -0.3 is 10.2 Å². The van der Waals surface area contributed by atoms with Crippen LogP contribution in [0.15, 0.2) is 71.2 Å². The first-order valence-electron chi connectivity index (χ1n) is 13.1. The molecule has 3 rings (SSSR count). The Labute approximate surface area is 261 Å². The minimum atomic E-state index is -3.86. The fourth-order valence-corrected chi connectivity index (χ4v) is 5.64. The van der Waals surface area contributed by atoms with E-state index < -0.39 is 28.5 Å². The fourth-order valence-electron chi connectivity index (χ4n) is 4.23. The quantitative estimate of drug-likeness (QED) is 0.240. The average Bonchev–Trinajstić information content (AvgIpc) is 2.92. The predicted octanol–water partition coefficient (Wildman–Crippen LogP) is 6.39. The van der Waals surface area contributed by atoms with Gasteiger partial charge in [-0.05, 0) is 67.3 Å². The Hall–Kier alpha value is -2.59. The summed E-state index contributed by atoms with van der Waals surface area (Å²) in [6, 6.07) is 18.4. The van der Waals surface area contributed by atoms with Crippen molar-refractivity contribution in [1.82, 2.24) is 10.2 Å². The van der Waals surface area contributed by atoms with Crippen molar-refractivity contribution in [1.29, 1.82) is 0 Å². The molecule has 0 unspecified atom stereocenters. The highest BCUT2D eigenvalue weighted by Gasteiger charge is 2.33. The van der Waals surface area contributed by atoms with Crippen molar-refractivity contribution in [2.75, 3.05) is 17.1 Å². The summed E-state index contributed by atoms with van der Waals surface area (Å²) in [4.78, 5) is 29.3. The molecule has 11 heteroatoms. The molecule has 41 heavy (non-hydrogen) atoms. The van der Waals surface area contributed by atoms with Gasteiger partial charge in [-0.25, -0.2) is 8.42 Å². The third-order valence-electron chi connectivity index (χ3n) is 6.72. The highest BCUT2D eigenvalue weighted by molar-refractivity contribution is 9.10. The monoisotopic (exact) mass is 681 g/mol. The van der Waals surface area contributed by atoms with E-state index in [0.29, 0.717) is 27.7 Å². The Morgan fingerprint density at radius 1 is 0.976 bits per heavy atom. The van der Waals surface area contributed by atoms with Crippen LogP contribution in [0.25, 0.3) is 0 Å². The number of amides is 2. The van der Waals surface area contributed by atoms with Crippen LogP contribution in [0.2, 0.25) is 10.0 Å². The maximum atomic E-state index is 14.1. The number of halogens is 3. The maximum absolute atomic E-state index is 14.1. The number of hydrogen-bond donors (Lipinski definition) is 1. The third kappa shape index (κ3) is 9.20. The first kappa shape index (κ1) is 32.9. The molecule has 0 saturated carbocycles. The van der Waals surface area contributed by atoms with Crippen LogP contribution in [0, 0.1) is 6.92 Å². The van der Waals surface area contributed by atoms with Gasteiger partial charge in [-0.1, -0.05) is 82.5 Å². The highest BCUT2D eigenvalue weighted by Crippen LogP contribution is 2.27. The van der Waals surface area contributed by atoms with E-state index in [4.69, 9.17) is 23.2 Å². The zero-order chi connectivity index (χ0) is 30.3. The molecule has 220 valence electrons. The number of aryl methyl sites for hydroxylation is 1. The van der Waals surface area contributed by atoms with Gasteiger partial charge in [0.1, 0.15) is 12.6 Å². The Morgan fingerprint density at radius 2 is 1.66 bits per heavy atom. The number of benzene rings is 3. The molecule has 0 radical (unpaired) electrons. The zero-order valence-corrected chi connectivity index (χ0v) is 27.3. The summed E-state index contributed by atoms with van der Waals surface area (Å²) in [6.45, 7) is 5.20. The second kappa shape index (κ2) is 14.5. The number of hydrogen-bond acceptors (Lipinski definition) is 4. The average molecular weight is 683 g/mol. The Morgan fingerprint density at radius 3 is 2.24 bits per heavy atom. The van der Waals surface area contributed by atoms with E-state index in [-0.39, 0.29) is 24.9 Å². The summed E-state index contributed by atoms with van der Waals surface area (Å²) in [7, 11) is -3.86. The molecule has 0 bridgehead atoms. The topological polar surface area (TPSA) is 86.8 Å². The molecule has 1 N–H and O–H groups in total. The van der Waals surface area contributed by atoms with E-state index in [2.05, 4.69) is 21.2 Å². The molecule has 0 saturated heterocycles. The zero-order valence-electron chi connectivity index (χ0n) is 23.4. The minimum Gasteiger partial charge on any atom is -0.352 e. The van der Waals surface area contributed by atoms with Gasteiger partial charge in [-0.3, -0.25) is 13.9 Å². The van der Waals surface area contributed by atoms with Crippen molar-refractivity contribution in [2.45, 2.75) is 52.2 Å². The second-order valence-corrected chi connectivity index (χ2v) is 13.6. The van der Waals surface area contributed by atoms with Crippen LogP contribution in [-0.4, -0.2) is 50.0 Å². The number of rotatable bonds is 12. The summed E-state index contributed by atoms with van der Waals surface area (Å²) in [5.41, 5.74) is 2.66. The molecule has 3 aromatic carbocycles. The Kier molecular flexibility index (Phi) is 11.7. The van der Waals surface area contributed by atoms with Crippen molar-refractivity contribution in [3.63, 3.8) is 0 Å². The van der Waals surface area contributed by atoms with Crippen LogP contribution in [0.4, 0.5) is 5.69 Å². The van der Waals surface area contributed by atoms with Crippen LogP contribution < -0.4 is 9.62 Å². The van der Waals surface area contributed by atoms with Crippen molar-refractivity contribution < 1.29 is 18.0 Å². The van der Waals surface area contributed by atoms with Crippen molar-refractivity contribution in [2.24, 2.45) is 0 Å². The number of carbonyl (C=O) groups is 2. The van der Waals surface area contributed by atoms with Crippen molar-refractivity contribution >= 4 is 66.7 Å². The van der Waals surface area contributed by atoms with Crippen LogP contribution in [0.3, 0.4) is 0 Å². The lowest BCUT2D eigenvalue weighted by atomic mass is 10.0.